The first kappa shape index (κ1) is 23.0. The highest BCUT2D eigenvalue weighted by Crippen LogP contribution is 2.41. The summed E-state index contributed by atoms with van der Waals surface area (Å²) < 4.78 is 14.6. The van der Waals surface area contributed by atoms with Gasteiger partial charge in [-0.15, -0.1) is 0 Å². The minimum atomic E-state index is -0.722. The molecule has 8 nitrogen and oxygen atoms in total. The number of esters is 3. The average Bonchev–Trinajstić information content (AvgIpc) is 2.76. The molecule has 0 saturated heterocycles. The molecule has 0 radical (unpaired) electrons. The van der Waals surface area contributed by atoms with E-state index in [0.29, 0.717) is 21.9 Å². The Morgan fingerprint density at radius 1 is 1.13 bits per heavy atom. The molecule has 1 N–H and O–H groups in total. The fraction of sp³-hybridized carbons (Fsp3) is 0.333. The molecule has 1 aromatic rings. The molecule has 1 aliphatic rings. The number of benzene rings is 1. The Labute approximate surface area is 178 Å². The molecule has 9 heteroatoms. The van der Waals surface area contributed by atoms with E-state index in [-0.39, 0.29) is 23.5 Å². The summed E-state index contributed by atoms with van der Waals surface area (Å²) in [6.07, 6.45) is 0. The third-order valence-corrected chi connectivity index (χ3v) is 5.35. The predicted molar refractivity (Wildman–Crippen MR) is 110 cm³/mol. The molecule has 1 heterocycles. The summed E-state index contributed by atoms with van der Waals surface area (Å²) in [4.78, 5) is 36.0. The number of carbonyl (C=O) groups excluding carboxylic acids is 3. The van der Waals surface area contributed by atoms with Gasteiger partial charge in [-0.05, 0) is 31.5 Å². The Hall–Kier alpha value is -3.25. The largest absolute Gasteiger partial charge is 0.466 e. The van der Waals surface area contributed by atoms with Gasteiger partial charge in [-0.3, -0.25) is 4.79 Å². The number of dihydropyridines is 1. The molecule has 0 aromatic heterocycles. The van der Waals surface area contributed by atoms with E-state index in [1.54, 1.807) is 38.1 Å². The van der Waals surface area contributed by atoms with Crippen LogP contribution in [-0.4, -0.2) is 44.5 Å². The van der Waals surface area contributed by atoms with Crippen molar-refractivity contribution in [3.63, 3.8) is 0 Å². The molecule has 1 atom stereocenters. The minimum absolute atomic E-state index is 0.0101. The number of carbonyl (C=O) groups is 3. The highest BCUT2D eigenvalue weighted by Gasteiger charge is 2.35. The van der Waals surface area contributed by atoms with Gasteiger partial charge >= 0.3 is 17.9 Å². The lowest BCUT2D eigenvalue weighted by molar-refractivity contribution is -0.140. The van der Waals surface area contributed by atoms with E-state index in [2.05, 4.69) is 11.4 Å². The number of nitrogens with zero attached hydrogens (tertiary/aromatic N) is 1. The molecule has 1 aliphatic heterocycles. The summed E-state index contributed by atoms with van der Waals surface area (Å²) in [5, 5.41) is 13.4. The summed E-state index contributed by atoms with van der Waals surface area (Å²) in [6.45, 7) is 3.67. The van der Waals surface area contributed by atoms with Crippen LogP contribution < -0.4 is 5.32 Å². The normalized spacial score (nSPS) is 15.8. The summed E-state index contributed by atoms with van der Waals surface area (Å²) >= 11 is 1.12. The van der Waals surface area contributed by atoms with Gasteiger partial charge in [-0.2, -0.15) is 5.26 Å². The zero-order chi connectivity index (χ0) is 22.3. The van der Waals surface area contributed by atoms with E-state index in [1.165, 1.54) is 14.2 Å². The van der Waals surface area contributed by atoms with Gasteiger partial charge in [0.25, 0.3) is 0 Å². The molecule has 1 unspecified atom stereocenters. The molecule has 2 rings (SSSR count). The molecule has 30 heavy (non-hydrogen) atoms. The van der Waals surface area contributed by atoms with Crippen LogP contribution in [-0.2, 0) is 23.8 Å². The Morgan fingerprint density at radius 2 is 1.77 bits per heavy atom. The smallest absolute Gasteiger partial charge is 0.337 e. The average molecular weight is 430 g/mol. The maximum atomic E-state index is 12.5. The molecule has 0 bridgehead atoms. The third-order valence-electron chi connectivity index (χ3n) is 4.36. The number of methoxy groups -OCH3 is 2. The van der Waals surface area contributed by atoms with Crippen LogP contribution in [0.1, 0.15) is 35.7 Å². The standard InChI is InChI=1S/C21H22N2O6S/c1-5-29-16(24)11-30-19-15(10-22)18(17(12(2)23-19)21(26)28-4)13-6-8-14(9-7-13)20(25)27-3/h6-9,18,23H,5,11H2,1-4H3. The number of hydrogen-bond donors (Lipinski definition) is 1. The number of allylic oxidation sites excluding steroid dienone is 2. The lowest BCUT2D eigenvalue weighted by atomic mass is 9.82. The van der Waals surface area contributed by atoms with Gasteiger partial charge in [0.05, 0.1) is 60.3 Å². The number of ether oxygens (including phenoxy) is 3. The van der Waals surface area contributed by atoms with Crippen LogP contribution >= 0.6 is 11.8 Å². The lowest BCUT2D eigenvalue weighted by Gasteiger charge is -2.29. The molecule has 0 spiro atoms. The zero-order valence-corrected chi connectivity index (χ0v) is 17.9. The molecule has 0 saturated carbocycles. The second-order valence-electron chi connectivity index (χ2n) is 6.15. The summed E-state index contributed by atoms with van der Waals surface area (Å²) in [7, 11) is 2.55. The number of nitriles is 1. The highest BCUT2D eigenvalue weighted by molar-refractivity contribution is 8.03. The summed E-state index contributed by atoms with van der Waals surface area (Å²) in [5.41, 5.74) is 2.01. The van der Waals surface area contributed by atoms with Gasteiger partial charge in [0.1, 0.15) is 0 Å². The van der Waals surface area contributed by atoms with Crippen molar-refractivity contribution in [1.29, 1.82) is 5.26 Å². The zero-order valence-electron chi connectivity index (χ0n) is 17.1. The Bertz CT molecular complexity index is 943. The molecule has 158 valence electrons. The van der Waals surface area contributed by atoms with Crippen LogP contribution in [0.15, 0.2) is 46.1 Å². The number of rotatable bonds is 7. The van der Waals surface area contributed by atoms with E-state index in [9.17, 15) is 19.6 Å². The van der Waals surface area contributed by atoms with E-state index in [1.807, 2.05) is 0 Å². The van der Waals surface area contributed by atoms with E-state index >= 15 is 0 Å². The van der Waals surface area contributed by atoms with Crippen molar-refractivity contribution in [2.24, 2.45) is 0 Å². The van der Waals surface area contributed by atoms with E-state index < -0.39 is 23.8 Å². The molecular weight excluding hydrogens is 408 g/mol. The second-order valence-corrected chi connectivity index (χ2v) is 7.14. The fourth-order valence-corrected chi connectivity index (χ4v) is 3.89. The minimum Gasteiger partial charge on any atom is -0.466 e. The van der Waals surface area contributed by atoms with Gasteiger partial charge in [-0.1, -0.05) is 23.9 Å². The summed E-state index contributed by atoms with van der Waals surface area (Å²) in [6, 6.07) is 8.59. The molecule has 0 aliphatic carbocycles. The van der Waals surface area contributed by atoms with Crippen molar-refractivity contribution in [2.45, 2.75) is 19.8 Å². The quantitative estimate of drug-likeness (QED) is 0.515. The monoisotopic (exact) mass is 430 g/mol. The molecule has 0 amide bonds. The van der Waals surface area contributed by atoms with Crippen LogP contribution in [0.4, 0.5) is 0 Å². The van der Waals surface area contributed by atoms with Gasteiger partial charge in [0, 0.05) is 5.70 Å². The van der Waals surface area contributed by atoms with Crippen molar-refractivity contribution in [3.05, 3.63) is 57.3 Å². The first-order valence-corrected chi connectivity index (χ1v) is 10.0. The lowest BCUT2D eigenvalue weighted by Crippen LogP contribution is -2.29. The molecular formula is C21H22N2O6S. The molecule has 1 aromatic carbocycles. The number of thioether (sulfide) groups is 1. The van der Waals surface area contributed by atoms with E-state index in [0.717, 1.165) is 11.8 Å². The van der Waals surface area contributed by atoms with Crippen molar-refractivity contribution in [3.8, 4) is 6.07 Å². The Morgan fingerprint density at radius 3 is 2.30 bits per heavy atom. The summed E-state index contributed by atoms with van der Waals surface area (Å²) in [5.74, 6) is -2.19. The van der Waals surface area contributed by atoms with Gasteiger partial charge in [0.15, 0.2) is 0 Å². The highest BCUT2D eigenvalue weighted by atomic mass is 32.2. The number of hydrogen-bond acceptors (Lipinski definition) is 9. The number of nitrogens with one attached hydrogen (secondary N) is 1. The maximum absolute atomic E-state index is 12.5. The third kappa shape index (κ3) is 5.02. The van der Waals surface area contributed by atoms with Gasteiger partial charge in [-0.25, -0.2) is 9.59 Å². The van der Waals surface area contributed by atoms with Crippen LogP contribution in [0.25, 0.3) is 0 Å². The first-order chi connectivity index (χ1) is 14.4. The Kier molecular flexibility index (Phi) is 8.07. The van der Waals surface area contributed by atoms with Crippen LogP contribution in [0, 0.1) is 11.3 Å². The van der Waals surface area contributed by atoms with Crippen LogP contribution in [0.5, 0.6) is 0 Å². The van der Waals surface area contributed by atoms with Crippen molar-refractivity contribution in [2.75, 3.05) is 26.6 Å². The van der Waals surface area contributed by atoms with Gasteiger partial charge in [0.2, 0.25) is 0 Å². The molecule has 0 fully saturated rings. The SMILES string of the molecule is CCOC(=O)CSC1=C(C#N)C(c2ccc(C(=O)OC)cc2)C(C(=O)OC)=C(C)N1. The van der Waals surface area contributed by atoms with Crippen molar-refractivity contribution in [1.82, 2.24) is 5.32 Å². The first-order valence-electron chi connectivity index (χ1n) is 9.04. The van der Waals surface area contributed by atoms with Crippen LogP contribution in [0.3, 0.4) is 0 Å². The Balaban J connectivity index is 2.51. The van der Waals surface area contributed by atoms with Crippen LogP contribution in [0.2, 0.25) is 0 Å². The van der Waals surface area contributed by atoms with E-state index in [4.69, 9.17) is 14.2 Å². The van der Waals surface area contributed by atoms with Crippen molar-refractivity contribution < 1.29 is 28.6 Å². The maximum Gasteiger partial charge on any atom is 0.337 e. The topological polar surface area (TPSA) is 115 Å². The fourth-order valence-electron chi connectivity index (χ4n) is 3.00. The predicted octanol–water partition coefficient (Wildman–Crippen LogP) is 2.64. The van der Waals surface area contributed by atoms with Gasteiger partial charge < -0.3 is 19.5 Å². The second kappa shape index (κ2) is 10.5. The van der Waals surface area contributed by atoms with Crippen molar-refractivity contribution >= 4 is 29.7 Å².